The van der Waals surface area contributed by atoms with E-state index in [9.17, 15) is 13.2 Å². The van der Waals surface area contributed by atoms with Gasteiger partial charge in [-0.2, -0.15) is 4.31 Å². The Kier molecular flexibility index (Phi) is 6.29. The van der Waals surface area contributed by atoms with E-state index in [0.29, 0.717) is 18.2 Å². The standard InChI is InChI=1S/C21H20ClN3O4S2/c1-29-16-7-4-14(5-8-16)18-13-30-21(23-18)24-20(26)15-6-9-17(22)19(12-15)31(27,28)25-10-2-3-11-25/h4-9,12-13H,2-3,10-11H2,1H3,(H,23,24,26). The van der Waals surface area contributed by atoms with Crippen LogP contribution in [-0.2, 0) is 10.0 Å². The number of nitrogens with one attached hydrogen (secondary N) is 1. The first-order valence-corrected chi connectivity index (χ1v) is 12.3. The van der Waals surface area contributed by atoms with E-state index in [0.717, 1.165) is 29.8 Å². The van der Waals surface area contributed by atoms with Gasteiger partial charge in [0.1, 0.15) is 10.6 Å². The summed E-state index contributed by atoms with van der Waals surface area (Å²) < 4.78 is 32.3. The largest absolute Gasteiger partial charge is 0.497 e. The summed E-state index contributed by atoms with van der Waals surface area (Å²) in [5.74, 6) is 0.292. The average Bonchev–Trinajstić information content (AvgIpc) is 3.47. The van der Waals surface area contributed by atoms with Gasteiger partial charge in [0.25, 0.3) is 5.91 Å². The third kappa shape index (κ3) is 4.59. The lowest BCUT2D eigenvalue weighted by Crippen LogP contribution is -2.28. The number of benzene rings is 2. The second kappa shape index (κ2) is 8.96. The number of aromatic nitrogens is 1. The monoisotopic (exact) mass is 477 g/mol. The van der Waals surface area contributed by atoms with Gasteiger partial charge < -0.3 is 4.74 Å². The van der Waals surface area contributed by atoms with E-state index in [1.807, 2.05) is 29.6 Å². The molecule has 0 bridgehead atoms. The van der Waals surface area contributed by atoms with Crippen LogP contribution in [0.4, 0.5) is 5.13 Å². The number of nitrogens with zero attached hydrogens (tertiary/aromatic N) is 2. The molecule has 0 aliphatic carbocycles. The van der Waals surface area contributed by atoms with Gasteiger partial charge in [-0.25, -0.2) is 13.4 Å². The molecule has 1 fully saturated rings. The molecule has 1 aliphatic rings. The summed E-state index contributed by atoms with van der Waals surface area (Å²) in [6.07, 6.45) is 1.63. The lowest BCUT2D eigenvalue weighted by Gasteiger charge is -2.17. The number of hydrogen-bond acceptors (Lipinski definition) is 6. The van der Waals surface area contributed by atoms with Gasteiger partial charge in [0, 0.05) is 29.6 Å². The summed E-state index contributed by atoms with van der Waals surface area (Å²) in [5.41, 5.74) is 1.81. The number of halogens is 1. The third-order valence-electron chi connectivity index (χ3n) is 4.99. The zero-order valence-corrected chi connectivity index (χ0v) is 19.1. The number of anilines is 1. The molecular formula is C21H20ClN3O4S2. The highest BCUT2D eigenvalue weighted by atomic mass is 35.5. The second-order valence-corrected chi connectivity index (χ2v) is 10.1. The minimum absolute atomic E-state index is 0.0539. The third-order valence-corrected chi connectivity index (χ3v) is 8.12. The molecule has 1 aliphatic heterocycles. The van der Waals surface area contributed by atoms with Gasteiger partial charge >= 0.3 is 0 Å². The second-order valence-electron chi connectivity index (χ2n) is 6.98. The summed E-state index contributed by atoms with van der Waals surface area (Å²) >= 11 is 7.44. The fourth-order valence-corrected chi connectivity index (χ4v) is 6.04. The highest BCUT2D eigenvalue weighted by Crippen LogP contribution is 2.30. The van der Waals surface area contributed by atoms with Crippen LogP contribution in [0.3, 0.4) is 0 Å². The van der Waals surface area contributed by atoms with Gasteiger partial charge in [0.05, 0.1) is 17.8 Å². The van der Waals surface area contributed by atoms with Crippen LogP contribution >= 0.6 is 22.9 Å². The first-order chi connectivity index (χ1) is 14.9. The van der Waals surface area contributed by atoms with Gasteiger partial charge in [-0.05, 0) is 55.3 Å². The predicted molar refractivity (Wildman–Crippen MR) is 122 cm³/mol. The number of sulfonamides is 1. The minimum Gasteiger partial charge on any atom is -0.497 e. The van der Waals surface area contributed by atoms with E-state index < -0.39 is 15.9 Å². The number of hydrogen-bond donors (Lipinski definition) is 1. The van der Waals surface area contributed by atoms with E-state index in [4.69, 9.17) is 16.3 Å². The quantitative estimate of drug-likeness (QED) is 0.564. The van der Waals surface area contributed by atoms with Crippen LogP contribution in [0.25, 0.3) is 11.3 Å². The number of ether oxygens (including phenoxy) is 1. The van der Waals surface area contributed by atoms with Crippen molar-refractivity contribution in [2.24, 2.45) is 0 Å². The minimum atomic E-state index is -3.74. The zero-order chi connectivity index (χ0) is 22.0. The molecule has 1 amide bonds. The summed E-state index contributed by atoms with van der Waals surface area (Å²) in [6.45, 7) is 0.921. The molecule has 3 aromatic rings. The lowest BCUT2D eigenvalue weighted by molar-refractivity contribution is 0.102. The van der Waals surface area contributed by atoms with Crippen molar-refractivity contribution in [2.75, 3.05) is 25.5 Å². The SMILES string of the molecule is COc1ccc(-c2csc(NC(=O)c3ccc(Cl)c(S(=O)(=O)N4CCCC4)c3)n2)cc1. The van der Waals surface area contributed by atoms with Crippen LogP contribution in [0, 0.1) is 0 Å². The van der Waals surface area contributed by atoms with Crippen molar-refractivity contribution in [1.29, 1.82) is 0 Å². The fraction of sp³-hybridized carbons (Fsp3) is 0.238. The molecule has 1 saturated heterocycles. The summed E-state index contributed by atoms with van der Waals surface area (Å²) in [7, 11) is -2.14. The Hall–Kier alpha value is -2.46. The molecule has 1 N–H and O–H groups in total. The average molecular weight is 478 g/mol. The molecule has 0 saturated carbocycles. The van der Waals surface area contributed by atoms with Crippen LogP contribution in [0.15, 0.2) is 52.7 Å². The van der Waals surface area contributed by atoms with E-state index >= 15 is 0 Å². The zero-order valence-electron chi connectivity index (χ0n) is 16.7. The molecule has 4 rings (SSSR count). The maximum Gasteiger partial charge on any atom is 0.257 e. The van der Waals surface area contributed by atoms with E-state index in [-0.39, 0.29) is 15.5 Å². The number of methoxy groups -OCH3 is 1. The molecule has 7 nitrogen and oxygen atoms in total. The fourth-order valence-electron chi connectivity index (χ4n) is 3.30. The molecule has 0 atom stereocenters. The smallest absolute Gasteiger partial charge is 0.257 e. The number of thiazole rings is 1. The maximum atomic E-state index is 12.9. The Labute approximate surface area is 189 Å². The topological polar surface area (TPSA) is 88.6 Å². The van der Waals surface area contributed by atoms with Gasteiger partial charge in [0.15, 0.2) is 5.13 Å². The highest BCUT2D eigenvalue weighted by Gasteiger charge is 2.29. The van der Waals surface area contributed by atoms with Crippen molar-refractivity contribution >= 4 is 44.0 Å². The van der Waals surface area contributed by atoms with Crippen LogP contribution in [0.2, 0.25) is 5.02 Å². The molecule has 162 valence electrons. The first-order valence-electron chi connectivity index (χ1n) is 9.59. The van der Waals surface area contributed by atoms with Crippen molar-refractivity contribution in [3.63, 3.8) is 0 Å². The number of carbonyl (C=O) groups excluding carboxylic acids is 1. The number of amides is 1. The normalized spacial score (nSPS) is 14.5. The molecule has 10 heteroatoms. The van der Waals surface area contributed by atoms with Crippen molar-refractivity contribution in [2.45, 2.75) is 17.7 Å². The van der Waals surface area contributed by atoms with Crippen LogP contribution < -0.4 is 10.1 Å². The summed E-state index contributed by atoms with van der Waals surface area (Å²) in [5, 5.41) is 5.08. The highest BCUT2D eigenvalue weighted by molar-refractivity contribution is 7.89. The Morgan fingerprint density at radius 3 is 2.55 bits per heavy atom. The van der Waals surface area contributed by atoms with Crippen molar-refractivity contribution in [3.05, 3.63) is 58.4 Å². The van der Waals surface area contributed by atoms with E-state index in [1.54, 1.807) is 7.11 Å². The van der Waals surface area contributed by atoms with Gasteiger partial charge in [-0.3, -0.25) is 10.1 Å². The van der Waals surface area contributed by atoms with Crippen LogP contribution in [0.5, 0.6) is 5.75 Å². The Morgan fingerprint density at radius 2 is 1.87 bits per heavy atom. The Morgan fingerprint density at radius 1 is 1.16 bits per heavy atom. The van der Waals surface area contributed by atoms with Crippen molar-refractivity contribution in [3.8, 4) is 17.0 Å². The summed E-state index contributed by atoms with van der Waals surface area (Å²) in [6, 6.07) is 11.7. The first kappa shape index (κ1) is 21.8. The molecule has 0 spiro atoms. The molecule has 2 aromatic carbocycles. The van der Waals surface area contributed by atoms with Crippen LogP contribution in [0.1, 0.15) is 23.2 Å². The molecule has 2 heterocycles. The molecule has 1 aromatic heterocycles. The van der Waals surface area contributed by atoms with Gasteiger partial charge in [0.2, 0.25) is 10.0 Å². The molecule has 0 unspecified atom stereocenters. The van der Waals surface area contributed by atoms with Crippen LogP contribution in [-0.4, -0.2) is 43.8 Å². The van der Waals surface area contributed by atoms with Gasteiger partial charge in [-0.15, -0.1) is 11.3 Å². The maximum absolute atomic E-state index is 12.9. The Balaban J connectivity index is 1.53. The number of carbonyl (C=O) groups is 1. The summed E-state index contributed by atoms with van der Waals surface area (Å²) in [4.78, 5) is 17.1. The molecular weight excluding hydrogens is 458 g/mol. The Bertz CT molecular complexity index is 1200. The molecule has 31 heavy (non-hydrogen) atoms. The number of rotatable bonds is 6. The molecule has 0 radical (unpaired) electrons. The lowest BCUT2D eigenvalue weighted by atomic mass is 10.2. The van der Waals surface area contributed by atoms with E-state index in [1.165, 1.54) is 33.8 Å². The van der Waals surface area contributed by atoms with Crippen molar-refractivity contribution in [1.82, 2.24) is 9.29 Å². The van der Waals surface area contributed by atoms with Gasteiger partial charge in [-0.1, -0.05) is 11.6 Å². The van der Waals surface area contributed by atoms with Crippen molar-refractivity contribution < 1.29 is 17.9 Å². The van der Waals surface area contributed by atoms with E-state index in [2.05, 4.69) is 10.3 Å². The predicted octanol–water partition coefficient (Wildman–Crippen LogP) is 4.51.